The van der Waals surface area contributed by atoms with E-state index in [2.05, 4.69) is 64.1 Å². The van der Waals surface area contributed by atoms with Gasteiger partial charge in [-0.15, -0.1) is 0 Å². The van der Waals surface area contributed by atoms with Gasteiger partial charge in [-0.1, -0.05) is 0 Å². The molecule has 0 aliphatic carbocycles. The zero-order valence-corrected chi connectivity index (χ0v) is 11.9. The molecule has 0 atom stereocenters. The molecule has 0 amide bonds. The predicted octanol–water partition coefficient (Wildman–Crippen LogP) is 2.38. The second-order valence-electron chi connectivity index (χ2n) is 4.79. The van der Waals surface area contributed by atoms with Crippen molar-refractivity contribution in [1.82, 2.24) is 14.9 Å². The van der Waals surface area contributed by atoms with Crippen LogP contribution in [0.3, 0.4) is 0 Å². The van der Waals surface area contributed by atoms with Gasteiger partial charge in [-0.05, 0) is 56.8 Å². The van der Waals surface area contributed by atoms with Crippen LogP contribution in [0.1, 0.15) is 20.3 Å². The van der Waals surface area contributed by atoms with E-state index in [4.69, 9.17) is 0 Å². The van der Waals surface area contributed by atoms with E-state index in [9.17, 15) is 0 Å². The molecule has 90 valence electrons. The highest BCUT2D eigenvalue weighted by Gasteiger charge is 2.18. The van der Waals surface area contributed by atoms with Gasteiger partial charge in [0.2, 0.25) is 5.95 Å². The van der Waals surface area contributed by atoms with Crippen molar-refractivity contribution in [3.63, 3.8) is 0 Å². The molecule has 16 heavy (non-hydrogen) atoms. The molecule has 0 unspecified atom stereocenters. The van der Waals surface area contributed by atoms with Crippen LogP contribution in [0.5, 0.6) is 0 Å². The van der Waals surface area contributed by atoms with Crippen molar-refractivity contribution in [2.75, 3.05) is 26.0 Å². The third-order valence-electron chi connectivity index (χ3n) is 2.25. The van der Waals surface area contributed by atoms with Crippen LogP contribution in [-0.4, -0.2) is 41.0 Å². The molecule has 0 saturated carbocycles. The molecule has 5 heteroatoms. The molecule has 0 aliphatic rings. The second kappa shape index (κ2) is 5.59. The van der Waals surface area contributed by atoms with Crippen molar-refractivity contribution in [3.8, 4) is 0 Å². The largest absolute Gasteiger partial charge is 0.349 e. The molecule has 1 aromatic heterocycles. The molecular weight excluding hydrogens is 268 g/mol. The van der Waals surface area contributed by atoms with Crippen molar-refractivity contribution in [2.24, 2.45) is 0 Å². The molecule has 4 nitrogen and oxygen atoms in total. The monoisotopic (exact) mass is 286 g/mol. The quantitative estimate of drug-likeness (QED) is 0.902. The van der Waals surface area contributed by atoms with E-state index in [1.54, 1.807) is 12.4 Å². The molecule has 1 rings (SSSR count). The molecular formula is C11H19BrN4. The number of halogens is 1. The zero-order valence-electron chi connectivity index (χ0n) is 10.3. The summed E-state index contributed by atoms with van der Waals surface area (Å²) < 4.78 is 0.893. The van der Waals surface area contributed by atoms with Crippen molar-refractivity contribution in [1.29, 1.82) is 0 Å². The highest BCUT2D eigenvalue weighted by molar-refractivity contribution is 9.10. The first kappa shape index (κ1) is 13.4. The molecule has 0 spiro atoms. The SMILES string of the molecule is CN(C)CCC(C)(C)Nc1ncc(Br)cn1. The van der Waals surface area contributed by atoms with Crippen molar-refractivity contribution in [2.45, 2.75) is 25.8 Å². The first-order chi connectivity index (χ1) is 7.39. The smallest absolute Gasteiger partial charge is 0.223 e. The van der Waals surface area contributed by atoms with Crippen LogP contribution in [-0.2, 0) is 0 Å². The highest BCUT2D eigenvalue weighted by Crippen LogP contribution is 2.15. The molecule has 1 N–H and O–H groups in total. The number of nitrogens with zero attached hydrogens (tertiary/aromatic N) is 3. The van der Waals surface area contributed by atoms with E-state index < -0.39 is 0 Å². The molecule has 0 fully saturated rings. The maximum Gasteiger partial charge on any atom is 0.223 e. The maximum atomic E-state index is 4.21. The van der Waals surface area contributed by atoms with Gasteiger partial charge in [-0.2, -0.15) is 0 Å². The standard InChI is InChI=1S/C11H19BrN4/c1-11(2,5-6-16(3)4)15-10-13-7-9(12)8-14-10/h7-8H,5-6H2,1-4H3,(H,13,14,15). The van der Waals surface area contributed by atoms with E-state index >= 15 is 0 Å². The van der Waals surface area contributed by atoms with Crippen molar-refractivity contribution < 1.29 is 0 Å². The third-order valence-corrected chi connectivity index (χ3v) is 2.66. The third kappa shape index (κ3) is 4.90. The molecule has 0 radical (unpaired) electrons. The summed E-state index contributed by atoms with van der Waals surface area (Å²) in [5, 5.41) is 3.33. The Hall–Kier alpha value is -0.680. The fourth-order valence-electron chi connectivity index (χ4n) is 1.25. The Bertz CT molecular complexity index is 321. The summed E-state index contributed by atoms with van der Waals surface area (Å²) >= 11 is 3.32. The van der Waals surface area contributed by atoms with Gasteiger partial charge in [-0.3, -0.25) is 0 Å². The van der Waals surface area contributed by atoms with Gasteiger partial charge >= 0.3 is 0 Å². The minimum absolute atomic E-state index is 0.00189. The van der Waals surface area contributed by atoms with E-state index in [1.807, 2.05) is 0 Å². The lowest BCUT2D eigenvalue weighted by molar-refractivity contribution is 0.355. The lowest BCUT2D eigenvalue weighted by Gasteiger charge is -2.27. The summed E-state index contributed by atoms with van der Waals surface area (Å²) in [5.41, 5.74) is -0.00189. The Morgan fingerprint density at radius 3 is 2.38 bits per heavy atom. The van der Waals surface area contributed by atoms with Crippen LogP contribution in [0, 0.1) is 0 Å². The Labute approximate surface area is 106 Å². The molecule has 0 aliphatic heterocycles. The lowest BCUT2D eigenvalue weighted by atomic mass is 10.0. The molecule has 1 heterocycles. The van der Waals surface area contributed by atoms with Crippen LogP contribution < -0.4 is 5.32 Å². The summed E-state index contributed by atoms with van der Waals surface area (Å²) in [6.07, 6.45) is 4.54. The van der Waals surface area contributed by atoms with Gasteiger partial charge in [0.05, 0.1) is 4.47 Å². The minimum atomic E-state index is -0.00189. The van der Waals surface area contributed by atoms with Crippen molar-refractivity contribution in [3.05, 3.63) is 16.9 Å². The fourth-order valence-corrected chi connectivity index (χ4v) is 1.45. The average molecular weight is 287 g/mol. The second-order valence-corrected chi connectivity index (χ2v) is 5.70. The van der Waals surface area contributed by atoms with E-state index in [0.717, 1.165) is 17.4 Å². The van der Waals surface area contributed by atoms with Gasteiger partial charge in [0.1, 0.15) is 0 Å². The lowest BCUT2D eigenvalue weighted by Crippen LogP contribution is -2.35. The van der Waals surface area contributed by atoms with Gasteiger partial charge in [0.25, 0.3) is 0 Å². The normalized spacial score (nSPS) is 11.9. The average Bonchev–Trinajstić information content (AvgIpc) is 2.19. The summed E-state index contributed by atoms with van der Waals surface area (Å²) in [6.45, 7) is 5.35. The molecule has 0 aromatic carbocycles. The molecule has 1 aromatic rings. The first-order valence-corrected chi connectivity index (χ1v) is 6.09. The molecule has 0 bridgehead atoms. The summed E-state index contributed by atoms with van der Waals surface area (Å²) in [6, 6.07) is 0. The number of anilines is 1. The zero-order chi connectivity index (χ0) is 12.2. The van der Waals surface area contributed by atoms with Crippen molar-refractivity contribution >= 4 is 21.9 Å². The Kier molecular flexibility index (Phi) is 4.68. The maximum absolute atomic E-state index is 4.21. The van der Waals surface area contributed by atoms with Crippen LogP contribution in [0.4, 0.5) is 5.95 Å². The summed E-state index contributed by atoms with van der Waals surface area (Å²) in [7, 11) is 4.15. The summed E-state index contributed by atoms with van der Waals surface area (Å²) in [4.78, 5) is 10.6. The van der Waals surface area contributed by atoms with E-state index in [0.29, 0.717) is 5.95 Å². The minimum Gasteiger partial charge on any atom is -0.349 e. The summed E-state index contributed by atoms with van der Waals surface area (Å²) in [5.74, 6) is 0.673. The van der Waals surface area contributed by atoms with Crippen LogP contribution in [0.2, 0.25) is 0 Å². The highest BCUT2D eigenvalue weighted by atomic mass is 79.9. The topological polar surface area (TPSA) is 41.0 Å². The van der Waals surface area contributed by atoms with Gasteiger partial charge in [0, 0.05) is 17.9 Å². The number of rotatable bonds is 5. The Morgan fingerprint density at radius 2 is 1.88 bits per heavy atom. The van der Waals surface area contributed by atoms with Gasteiger partial charge in [0.15, 0.2) is 0 Å². The van der Waals surface area contributed by atoms with E-state index in [1.165, 1.54) is 0 Å². The van der Waals surface area contributed by atoms with Crippen LogP contribution in [0.15, 0.2) is 16.9 Å². The van der Waals surface area contributed by atoms with Crippen LogP contribution in [0.25, 0.3) is 0 Å². The van der Waals surface area contributed by atoms with Crippen LogP contribution >= 0.6 is 15.9 Å². The number of aromatic nitrogens is 2. The van der Waals surface area contributed by atoms with Gasteiger partial charge in [-0.25, -0.2) is 9.97 Å². The number of hydrogen-bond donors (Lipinski definition) is 1. The Balaban J connectivity index is 2.54. The van der Waals surface area contributed by atoms with Gasteiger partial charge < -0.3 is 10.2 Å². The first-order valence-electron chi connectivity index (χ1n) is 5.29. The Morgan fingerprint density at radius 1 is 1.31 bits per heavy atom. The number of nitrogens with one attached hydrogen (secondary N) is 1. The molecule has 0 saturated heterocycles. The number of hydrogen-bond acceptors (Lipinski definition) is 4. The predicted molar refractivity (Wildman–Crippen MR) is 70.6 cm³/mol. The fraction of sp³-hybridized carbons (Fsp3) is 0.636. The van der Waals surface area contributed by atoms with E-state index in [-0.39, 0.29) is 5.54 Å².